The molecular formula is C17H22N4OS2. The first-order chi connectivity index (χ1) is 11.6. The van der Waals surface area contributed by atoms with Gasteiger partial charge in [0.1, 0.15) is 0 Å². The first-order valence-corrected chi connectivity index (χ1v) is 9.98. The summed E-state index contributed by atoms with van der Waals surface area (Å²) in [6.45, 7) is 6.04. The lowest BCUT2D eigenvalue weighted by molar-refractivity contribution is -0.130. The molecule has 1 aromatic carbocycles. The summed E-state index contributed by atoms with van der Waals surface area (Å²) in [5, 5.41) is 12.3. The summed E-state index contributed by atoms with van der Waals surface area (Å²) in [5.74, 6) is 1.25. The summed E-state index contributed by atoms with van der Waals surface area (Å²) in [4.78, 5) is 14.3. The average Bonchev–Trinajstić information content (AvgIpc) is 3.00. The van der Waals surface area contributed by atoms with Crippen LogP contribution in [-0.2, 0) is 4.79 Å². The third-order valence-electron chi connectivity index (χ3n) is 4.00. The van der Waals surface area contributed by atoms with Crippen molar-refractivity contribution in [3.8, 4) is 0 Å². The number of amides is 1. The van der Waals surface area contributed by atoms with E-state index in [-0.39, 0.29) is 5.91 Å². The molecule has 1 atom stereocenters. The van der Waals surface area contributed by atoms with Crippen molar-refractivity contribution in [2.24, 2.45) is 5.92 Å². The smallest absolute Gasteiger partial charge is 0.233 e. The van der Waals surface area contributed by atoms with Gasteiger partial charge in [-0.05, 0) is 43.4 Å². The Hall–Kier alpha value is -1.60. The van der Waals surface area contributed by atoms with E-state index in [0.717, 1.165) is 34.7 Å². The molecule has 1 amide bonds. The fourth-order valence-corrected chi connectivity index (χ4v) is 4.47. The molecule has 1 saturated heterocycles. The number of carbonyl (C=O) groups is 1. The first-order valence-electron chi connectivity index (χ1n) is 8.18. The van der Waals surface area contributed by atoms with Gasteiger partial charge in [0.25, 0.3) is 0 Å². The van der Waals surface area contributed by atoms with Crippen LogP contribution >= 0.6 is 23.1 Å². The minimum absolute atomic E-state index is 0.204. The molecule has 128 valence electrons. The highest BCUT2D eigenvalue weighted by Crippen LogP contribution is 2.28. The van der Waals surface area contributed by atoms with Gasteiger partial charge in [-0.25, -0.2) is 0 Å². The second-order valence-corrected chi connectivity index (χ2v) is 8.44. The Morgan fingerprint density at radius 1 is 1.46 bits per heavy atom. The molecule has 0 aliphatic carbocycles. The second kappa shape index (κ2) is 7.98. The molecule has 0 unspecified atom stereocenters. The number of nitrogens with zero attached hydrogens (tertiary/aromatic N) is 3. The van der Waals surface area contributed by atoms with Crippen LogP contribution in [0.2, 0.25) is 0 Å². The second-order valence-electron chi connectivity index (χ2n) is 6.24. The van der Waals surface area contributed by atoms with Gasteiger partial charge in [-0.15, -0.1) is 10.2 Å². The molecule has 2 aromatic rings. The molecule has 24 heavy (non-hydrogen) atoms. The lowest BCUT2D eigenvalue weighted by Crippen LogP contribution is -2.40. The zero-order valence-electron chi connectivity index (χ0n) is 14.0. The van der Waals surface area contributed by atoms with E-state index >= 15 is 0 Å². The summed E-state index contributed by atoms with van der Waals surface area (Å²) in [6, 6.07) is 8.13. The summed E-state index contributed by atoms with van der Waals surface area (Å²) < 4.78 is 0.823. The minimum Gasteiger partial charge on any atom is -0.342 e. The van der Waals surface area contributed by atoms with E-state index in [0.29, 0.717) is 11.7 Å². The molecule has 1 N–H and O–H groups in total. The van der Waals surface area contributed by atoms with E-state index in [2.05, 4.69) is 41.5 Å². The molecule has 1 aliphatic rings. The third kappa shape index (κ3) is 4.70. The third-order valence-corrected chi connectivity index (χ3v) is 5.96. The Labute approximate surface area is 150 Å². The van der Waals surface area contributed by atoms with Crippen LogP contribution in [0.15, 0.2) is 28.6 Å². The SMILES string of the molecule is Cc1cccc(Nc2nnc(SCC(=O)N3CCC[C@@H](C)C3)s2)c1. The summed E-state index contributed by atoms with van der Waals surface area (Å²) in [5.41, 5.74) is 2.20. The zero-order valence-corrected chi connectivity index (χ0v) is 15.6. The number of piperidine rings is 1. The van der Waals surface area contributed by atoms with Gasteiger partial charge in [0.15, 0.2) is 4.34 Å². The van der Waals surface area contributed by atoms with Gasteiger partial charge in [0.05, 0.1) is 5.75 Å². The number of aromatic nitrogens is 2. The molecule has 0 saturated carbocycles. The Kier molecular flexibility index (Phi) is 5.73. The van der Waals surface area contributed by atoms with Crippen molar-refractivity contribution >= 4 is 39.8 Å². The molecule has 3 rings (SSSR count). The zero-order chi connectivity index (χ0) is 16.9. The minimum atomic E-state index is 0.204. The molecule has 1 aromatic heterocycles. The Bertz CT molecular complexity index is 703. The molecule has 2 heterocycles. The van der Waals surface area contributed by atoms with Crippen LogP contribution in [0.5, 0.6) is 0 Å². The Balaban J connectivity index is 1.51. The van der Waals surface area contributed by atoms with E-state index in [1.165, 1.54) is 35.1 Å². The number of likely N-dealkylation sites (tertiary alicyclic amines) is 1. The quantitative estimate of drug-likeness (QED) is 0.817. The number of benzene rings is 1. The molecule has 0 spiro atoms. The Morgan fingerprint density at radius 3 is 3.12 bits per heavy atom. The van der Waals surface area contributed by atoms with Crippen molar-refractivity contribution in [1.29, 1.82) is 0 Å². The summed E-state index contributed by atoms with van der Waals surface area (Å²) >= 11 is 2.95. The topological polar surface area (TPSA) is 58.1 Å². The highest BCUT2D eigenvalue weighted by Gasteiger charge is 2.21. The Morgan fingerprint density at radius 2 is 2.33 bits per heavy atom. The van der Waals surface area contributed by atoms with Gasteiger partial charge in [0, 0.05) is 18.8 Å². The fourth-order valence-electron chi connectivity index (χ4n) is 2.80. The van der Waals surface area contributed by atoms with Crippen LogP contribution in [-0.4, -0.2) is 39.8 Å². The number of anilines is 2. The number of aryl methyl sites for hydroxylation is 1. The maximum absolute atomic E-state index is 12.3. The van der Waals surface area contributed by atoms with E-state index in [9.17, 15) is 4.79 Å². The number of hydrogen-bond donors (Lipinski definition) is 1. The molecule has 1 aliphatic heterocycles. The van der Waals surface area contributed by atoms with Gasteiger partial charge in [-0.2, -0.15) is 0 Å². The predicted octanol–water partition coefficient (Wildman–Crippen LogP) is 3.94. The number of rotatable bonds is 5. The largest absolute Gasteiger partial charge is 0.342 e. The van der Waals surface area contributed by atoms with Crippen molar-refractivity contribution in [1.82, 2.24) is 15.1 Å². The average molecular weight is 363 g/mol. The number of thioether (sulfide) groups is 1. The van der Waals surface area contributed by atoms with Gasteiger partial charge in [0.2, 0.25) is 11.0 Å². The van der Waals surface area contributed by atoms with E-state index in [1.807, 2.05) is 17.0 Å². The van der Waals surface area contributed by atoms with Crippen LogP contribution in [0.3, 0.4) is 0 Å². The van der Waals surface area contributed by atoms with Crippen molar-refractivity contribution in [3.63, 3.8) is 0 Å². The van der Waals surface area contributed by atoms with Crippen LogP contribution in [0.4, 0.5) is 10.8 Å². The lowest BCUT2D eigenvalue weighted by Gasteiger charge is -2.30. The van der Waals surface area contributed by atoms with E-state index in [4.69, 9.17) is 0 Å². The normalized spacial score (nSPS) is 17.8. The standard InChI is InChI=1S/C17H22N4OS2/c1-12-5-3-7-14(9-12)18-16-19-20-17(24-16)23-11-15(22)21-8-4-6-13(2)10-21/h3,5,7,9,13H,4,6,8,10-11H2,1-2H3,(H,18,19)/t13-/m1/s1. The highest BCUT2D eigenvalue weighted by atomic mass is 32.2. The van der Waals surface area contributed by atoms with Crippen molar-refractivity contribution in [3.05, 3.63) is 29.8 Å². The predicted molar refractivity (Wildman–Crippen MR) is 100 cm³/mol. The summed E-state index contributed by atoms with van der Waals surface area (Å²) in [6.07, 6.45) is 2.34. The maximum Gasteiger partial charge on any atom is 0.233 e. The number of hydrogen-bond acceptors (Lipinski definition) is 6. The van der Waals surface area contributed by atoms with Crippen LogP contribution < -0.4 is 5.32 Å². The number of carbonyl (C=O) groups excluding carboxylic acids is 1. The van der Waals surface area contributed by atoms with E-state index in [1.54, 1.807) is 0 Å². The van der Waals surface area contributed by atoms with Gasteiger partial charge in [-0.1, -0.05) is 42.2 Å². The van der Waals surface area contributed by atoms with Crippen molar-refractivity contribution in [2.75, 3.05) is 24.2 Å². The van der Waals surface area contributed by atoms with Gasteiger partial charge in [-0.3, -0.25) is 4.79 Å². The number of nitrogens with one attached hydrogen (secondary N) is 1. The molecule has 5 nitrogen and oxygen atoms in total. The lowest BCUT2D eigenvalue weighted by atomic mass is 10.0. The molecular weight excluding hydrogens is 340 g/mol. The maximum atomic E-state index is 12.3. The molecule has 1 fully saturated rings. The van der Waals surface area contributed by atoms with Crippen LogP contribution in [0.25, 0.3) is 0 Å². The fraction of sp³-hybridized carbons (Fsp3) is 0.471. The first kappa shape index (κ1) is 17.2. The molecule has 0 bridgehead atoms. The van der Waals surface area contributed by atoms with Gasteiger partial charge < -0.3 is 10.2 Å². The highest BCUT2D eigenvalue weighted by molar-refractivity contribution is 8.01. The van der Waals surface area contributed by atoms with E-state index < -0.39 is 0 Å². The van der Waals surface area contributed by atoms with Crippen molar-refractivity contribution < 1.29 is 4.79 Å². The molecule has 0 radical (unpaired) electrons. The molecule has 7 heteroatoms. The van der Waals surface area contributed by atoms with Crippen LogP contribution in [0, 0.1) is 12.8 Å². The monoisotopic (exact) mass is 362 g/mol. The summed E-state index contributed by atoms with van der Waals surface area (Å²) in [7, 11) is 0. The van der Waals surface area contributed by atoms with Crippen molar-refractivity contribution in [2.45, 2.75) is 31.0 Å². The van der Waals surface area contributed by atoms with Crippen LogP contribution in [0.1, 0.15) is 25.3 Å². The van der Waals surface area contributed by atoms with Gasteiger partial charge >= 0.3 is 0 Å².